The van der Waals surface area contributed by atoms with Crippen molar-refractivity contribution < 1.29 is 5.11 Å². The molecule has 0 aliphatic heterocycles. The second-order valence-corrected chi connectivity index (χ2v) is 3.87. The molecule has 0 aliphatic rings. The molecule has 0 saturated heterocycles. The van der Waals surface area contributed by atoms with E-state index in [2.05, 4.69) is 0 Å². The Hall–Kier alpha value is -0.930. The minimum absolute atomic E-state index is 0.380. The quantitative estimate of drug-likeness (QED) is 0.754. The average Bonchev–Trinajstić information content (AvgIpc) is 2.01. The molecule has 0 radical (unpaired) electrons. The van der Waals surface area contributed by atoms with Crippen LogP contribution in [-0.2, 0) is 0 Å². The van der Waals surface area contributed by atoms with Gasteiger partial charge in [-0.15, -0.1) is 0 Å². The number of aliphatic hydroxyl groups is 1. The molecule has 0 spiro atoms. The lowest BCUT2D eigenvalue weighted by Crippen LogP contribution is -2.27. The maximum atomic E-state index is 9.22. The van der Waals surface area contributed by atoms with Gasteiger partial charge in [-0.05, 0) is 25.1 Å². The fraction of sp³-hybridized carbons (Fsp3) is 0.400. The number of hydrogen-bond donors (Lipinski definition) is 2. The normalized spacial score (nSPS) is 12.6. The van der Waals surface area contributed by atoms with E-state index in [9.17, 15) is 5.11 Å². The van der Waals surface area contributed by atoms with Gasteiger partial charge in [0.2, 0.25) is 0 Å². The van der Waals surface area contributed by atoms with Crippen LogP contribution in [0.15, 0.2) is 18.2 Å². The fourth-order valence-corrected chi connectivity index (χ4v) is 1.55. The molecular formula is C10H15ClN2O. The molecular weight excluding hydrogens is 200 g/mol. The van der Waals surface area contributed by atoms with Gasteiger partial charge in [-0.2, -0.15) is 0 Å². The highest BCUT2D eigenvalue weighted by Gasteiger charge is 2.07. The summed E-state index contributed by atoms with van der Waals surface area (Å²) in [6, 6.07) is 5.33. The third-order valence-electron chi connectivity index (χ3n) is 1.94. The summed E-state index contributed by atoms with van der Waals surface area (Å²) in [7, 11) is 1.88. The molecule has 3 N–H and O–H groups in total. The topological polar surface area (TPSA) is 49.5 Å². The fourth-order valence-electron chi connectivity index (χ4n) is 1.37. The SMILES string of the molecule is CC(O)CN(C)c1ccc(Cl)cc1N. The Morgan fingerprint density at radius 1 is 1.57 bits per heavy atom. The van der Waals surface area contributed by atoms with Gasteiger partial charge < -0.3 is 15.7 Å². The van der Waals surface area contributed by atoms with Gasteiger partial charge in [0.05, 0.1) is 17.5 Å². The van der Waals surface area contributed by atoms with Crippen molar-refractivity contribution in [2.45, 2.75) is 13.0 Å². The predicted molar refractivity (Wildman–Crippen MR) is 60.8 cm³/mol. The van der Waals surface area contributed by atoms with Crippen LogP contribution < -0.4 is 10.6 Å². The minimum Gasteiger partial charge on any atom is -0.397 e. The van der Waals surface area contributed by atoms with Gasteiger partial charge in [0.25, 0.3) is 0 Å². The third-order valence-corrected chi connectivity index (χ3v) is 2.17. The first kappa shape index (κ1) is 11.1. The van der Waals surface area contributed by atoms with Crippen LogP contribution in [0.4, 0.5) is 11.4 Å². The molecule has 1 atom stereocenters. The summed E-state index contributed by atoms with van der Waals surface area (Å²) in [5, 5.41) is 9.84. The third kappa shape index (κ3) is 2.79. The summed E-state index contributed by atoms with van der Waals surface area (Å²) >= 11 is 5.78. The average molecular weight is 215 g/mol. The van der Waals surface area contributed by atoms with E-state index in [0.717, 1.165) is 5.69 Å². The number of nitrogens with zero attached hydrogens (tertiary/aromatic N) is 1. The van der Waals surface area contributed by atoms with Crippen molar-refractivity contribution in [2.24, 2.45) is 0 Å². The lowest BCUT2D eigenvalue weighted by atomic mass is 10.2. The van der Waals surface area contributed by atoms with E-state index in [1.807, 2.05) is 18.0 Å². The van der Waals surface area contributed by atoms with Gasteiger partial charge in [0, 0.05) is 18.6 Å². The van der Waals surface area contributed by atoms with Crippen molar-refractivity contribution in [3.05, 3.63) is 23.2 Å². The number of halogens is 1. The number of nitrogens with two attached hydrogens (primary N) is 1. The lowest BCUT2D eigenvalue weighted by molar-refractivity contribution is 0.201. The standard InChI is InChI=1S/C10H15ClN2O/c1-7(14)6-13(2)10-4-3-8(11)5-9(10)12/h3-5,7,14H,6,12H2,1-2H3. The monoisotopic (exact) mass is 214 g/mol. The molecule has 1 rings (SSSR count). The maximum Gasteiger partial charge on any atom is 0.0686 e. The molecule has 1 aromatic rings. The van der Waals surface area contributed by atoms with E-state index >= 15 is 0 Å². The van der Waals surface area contributed by atoms with Crippen LogP contribution in [0.1, 0.15) is 6.92 Å². The predicted octanol–water partition coefficient (Wildman–Crippen LogP) is 1.74. The Kier molecular flexibility index (Phi) is 3.61. The van der Waals surface area contributed by atoms with Crippen molar-refractivity contribution in [1.29, 1.82) is 0 Å². The van der Waals surface area contributed by atoms with Gasteiger partial charge in [-0.1, -0.05) is 11.6 Å². The van der Waals surface area contributed by atoms with Crippen LogP contribution in [0, 0.1) is 0 Å². The van der Waals surface area contributed by atoms with E-state index in [1.54, 1.807) is 19.1 Å². The summed E-state index contributed by atoms with van der Waals surface area (Å²) in [5.41, 5.74) is 7.30. The molecule has 14 heavy (non-hydrogen) atoms. The Balaban J connectivity index is 2.84. The Labute approximate surface area is 89.1 Å². The summed E-state index contributed by atoms with van der Waals surface area (Å²) in [6.07, 6.45) is -0.380. The number of nitrogen functional groups attached to an aromatic ring is 1. The zero-order valence-corrected chi connectivity index (χ0v) is 9.12. The van der Waals surface area contributed by atoms with Gasteiger partial charge in [-0.3, -0.25) is 0 Å². The number of benzene rings is 1. The Bertz CT molecular complexity index is 315. The molecule has 0 amide bonds. The van der Waals surface area contributed by atoms with Crippen molar-refractivity contribution >= 4 is 23.0 Å². The largest absolute Gasteiger partial charge is 0.397 e. The van der Waals surface area contributed by atoms with Gasteiger partial charge in [0.15, 0.2) is 0 Å². The van der Waals surface area contributed by atoms with Crippen molar-refractivity contribution in [1.82, 2.24) is 0 Å². The molecule has 0 aromatic heterocycles. The Morgan fingerprint density at radius 2 is 2.21 bits per heavy atom. The molecule has 1 unspecified atom stereocenters. The zero-order chi connectivity index (χ0) is 10.7. The summed E-state index contributed by atoms with van der Waals surface area (Å²) in [5.74, 6) is 0. The first-order chi connectivity index (χ1) is 6.50. The van der Waals surface area contributed by atoms with E-state index < -0.39 is 0 Å². The van der Waals surface area contributed by atoms with Crippen molar-refractivity contribution in [3.63, 3.8) is 0 Å². The lowest BCUT2D eigenvalue weighted by Gasteiger charge is -2.22. The van der Waals surface area contributed by atoms with E-state index in [0.29, 0.717) is 17.3 Å². The molecule has 0 fully saturated rings. The highest BCUT2D eigenvalue weighted by atomic mass is 35.5. The number of aliphatic hydroxyl groups excluding tert-OH is 1. The first-order valence-electron chi connectivity index (χ1n) is 4.45. The molecule has 4 heteroatoms. The molecule has 78 valence electrons. The molecule has 3 nitrogen and oxygen atoms in total. The van der Waals surface area contributed by atoms with Crippen LogP contribution in [0.2, 0.25) is 5.02 Å². The van der Waals surface area contributed by atoms with Crippen molar-refractivity contribution in [3.8, 4) is 0 Å². The van der Waals surface area contributed by atoms with Crippen molar-refractivity contribution in [2.75, 3.05) is 24.2 Å². The number of likely N-dealkylation sites (N-methyl/N-ethyl adjacent to an activating group) is 1. The molecule has 0 bridgehead atoms. The van der Waals surface area contributed by atoms with Crippen LogP contribution >= 0.6 is 11.6 Å². The Morgan fingerprint density at radius 3 is 2.71 bits per heavy atom. The highest BCUT2D eigenvalue weighted by molar-refractivity contribution is 6.31. The molecule has 0 aliphatic carbocycles. The van der Waals surface area contributed by atoms with Crippen LogP contribution in [-0.4, -0.2) is 24.8 Å². The second kappa shape index (κ2) is 4.53. The van der Waals surface area contributed by atoms with Gasteiger partial charge >= 0.3 is 0 Å². The smallest absolute Gasteiger partial charge is 0.0686 e. The summed E-state index contributed by atoms with van der Waals surface area (Å²) in [6.45, 7) is 2.29. The van der Waals surface area contributed by atoms with E-state index in [1.165, 1.54) is 0 Å². The van der Waals surface area contributed by atoms with Gasteiger partial charge in [-0.25, -0.2) is 0 Å². The number of rotatable bonds is 3. The summed E-state index contributed by atoms with van der Waals surface area (Å²) < 4.78 is 0. The highest BCUT2D eigenvalue weighted by Crippen LogP contribution is 2.25. The van der Waals surface area contributed by atoms with Gasteiger partial charge in [0.1, 0.15) is 0 Å². The van der Waals surface area contributed by atoms with Crippen LogP contribution in [0.5, 0.6) is 0 Å². The second-order valence-electron chi connectivity index (χ2n) is 3.43. The number of hydrogen-bond acceptors (Lipinski definition) is 3. The minimum atomic E-state index is -0.380. The zero-order valence-electron chi connectivity index (χ0n) is 8.37. The maximum absolute atomic E-state index is 9.22. The molecule has 1 aromatic carbocycles. The van der Waals surface area contributed by atoms with E-state index in [-0.39, 0.29) is 6.10 Å². The van der Waals surface area contributed by atoms with E-state index in [4.69, 9.17) is 17.3 Å². The molecule has 0 saturated carbocycles. The van der Waals surface area contributed by atoms with Crippen LogP contribution in [0.3, 0.4) is 0 Å². The number of anilines is 2. The summed E-state index contributed by atoms with van der Waals surface area (Å²) in [4.78, 5) is 1.90. The molecule has 0 heterocycles. The van der Waals surface area contributed by atoms with Crippen LogP contribution in [0.25, 0.3) is 0 Å². The first-order valence-corrected chi connectivity index (χ1v) is 4.82.